The molecule has 0 unspecified atom stereocenters. The van der Waals surface area contributed by atoms with Crippen LogP contribution in [0.15, 0.2) is 41.5 Å². The van der Waals surface area contributed by atoms with Gasteiger partial charge in [-0.1, -0.05) is 11.6 Å². The maximum atomic E-state index is 13.2. The molecule has 0 aliphatic heterocycles. The second kappa shape index (κ2) is 7.80. The van der Waals surface area contributed by atoms with Gasteiger partial charge in [0, 0.05) is 0 Å². The predicted octanol–water partition coefficient (Wildman–Crippen LogP) is 3.00. The van der Waals surface area contributed by atoms with E-state index in [2.05, 4.69) is 22.7 Å². The number of carbonyl (C=O) groups excluding carboxylic acids is 1. The van der Waals surface area contributed by atoms with Gasteiger partial charge in [-0.15, -0.1) is 0 Å². The number of thiocarbonyl (C=S) groups is 1. The molecule has 0 amide bonds. The number of nitrogens with zero attached hydrogens (tertiary/aromatic N) is 1. The van der Waals surface area contributed by atoms with Crippen LogP contribution in [0.5, 0.6) is 5.75 Å². The van der Waals surface area contributed by atoms with Crippen LogP contribution in [0, 0.1) is 11.6 Å². The SMILES string of the molecule is NC(=S)N/N=C\c1ccc(OC(=O)c2cc(F)c(F)cc2Cl)cc1. The van der Waals surface area contributed by atoms with Crippen LogP contribution < -0.4 is 15.9 Å². The molecule has 24 heavy (non-hydrogen) atoms. The molecule has 124 valence electrons. The molecule has 2 aromatic carbocycles. The van der Waals surface area contributed by atoms with Gasteiger partial charge < -0.3 is 10.5 Å². The molecule has 0 heterocycles. The average molecular weight is 370 g/mol. The van der Waals surface area contributed by atoms with Gasteiger partial charge in [0.2, 0.25) is 0 Å². The summed E-state index contributed by atoms with van der Waals surface area (Å²) in [5.41, 5.74) is 8.01. The zero-order valence-electron chi connectivity index (χ0n) is 11.9. The topological polar surface area (TPSA) is 76.7 Å². The number of halogens is 3. The van der Waals surface area contributed by atoms with Crippen LogP contribution in [0.3, 0.4) is 0 Å². The quantitative estimate of drug-likeness (QED) is 0.216. The molecular weight excluding hydrogens is 360 g/mol. The van der Waals surface area contributed by atoms with Crippen molar-refractivity contribution in [1.29, 1.82) is 0 Å². The van der Waals surface area contributed by atoms with Gasteiger partial charge in [-0.3, -0.25) is 5.43 Å². The lowest BCUT2D eigenvalue weighted by atomic mass is 10.2. The first-order valence-corrected chi connectivity index (χ1v) is 7.20. The molecule has 0 atom stereocenters. The van der Waals surface area contributed by atoms with Gasteiger partial charge in [0.05, 0.1) is 16.8 Å². The third-order valence-corrected chi connectivity index (χ3v) is 3.11. The maximum absolute atomic E-state index is 13.2. The predicted molar refractivity (Wildman–Crippen MR) is 90.3 cm³/mol. The Morgan fingerprint density at radius 2 is 1.88 bits per heavy atom. The van der Waals surface area contributed by atoms with Crippen LogP contribution in [0.4, 0.5) is 8.78 Å². The second-order valence-corrected chi connectivity index (χ2v) is 5.29. The highest BCUT2D eigenvalue weighted by Gasteiger charge is 2.17. The van der Waals surface area contributed by atoms with E-state index < -0.39 is 17.6 Å². The van der Waals surface area contributed by atoms with Crippen molar-refractivity contribution in [2.45, 2.75) is 0 Å². The summed E-state index contributed by atoms with van der Waals surface area (Å²) in [6.45, 7) is 0. The zero-order chi connectivity index (χ0) is 17.7. The molecule has 2 aromatic rings. The molecule has 0 spiro atoms. The maximum Gasteiger partial charge on any atom is 0.345 e. The van der Waals surface area contributed by atoms with E-state index in [4.69, 9.17) is 22.1 Å². The van der Waals surface area contributed by atoms with Crippen molar-refractivity contribution in [2.75, 3.05) is 0 Å². The van der Waals surface area contributed by atoms with E-state index in [-0.39, 0.29) is 21.4 Å². The van der Waals surface area contributed by atoms with Crippen LogP contribution in [0.2, 0.25) is 5.02 Å². The standard InChI is InChI=1S/C15H10ClF2N3O2S/c16-11-6-13(18)12(17)5-10(11)14(22)23-9-3-1-8(2-4-9)7-20-21-15(19)24/h1-7H,(H3,19,21,24)/b20-7-. The van der Waals surface area contributed by atoms with E-state index >= 15 is 0 Å². The minimum absolute atomic E-state index is 0.0280. The van der Waals surface area contributed by atoms with Crippen molar-refractivity contribution in [3.63, 3.8) is 0 Å². The lowest BCUT2D eigenvalue weighted by Gasteiger charge is -2.06. The number of nitrogens with one attached hydrogen (secondary N) is 1. The summed E-state index contributed by atoms with van der Waals surface area (Å²) in [7, 11) is 0. The Bertz CT molecular complexity index is 813. The summed E-state index contributed by atoms with van der Waals surface area (Å²) >= 11 is 10.3. The van der Waals surface area contributed by atoms with Crippen molar-refractivity contribution < 1.29 is 18.3 Å². The van der Waals surface area contributed by atoms with Crippen molar-refractivity contribution in [1.82, 2.24) is 5.43 Å². The van der Waals surface area contributed by atoms with Crippen molar-refractivity contribution in [3.05, 3.63) is 64.2 Å². The molecule has 9 heteroatoms. The van der Waals surface area contributed by atoms with Gasteiger partial charge in [-0.05, 0) is 54.2 Å². The fraction of sp³-hybridized carbons (Fsp3) is 0. The molecule has 3 N–H and O–H groups in total. The lowest BCUT2D eigenvalue weighted by molar-refractivity contribution is 0.0734. The smallest absolute Gasteiger partial charge is 0.345 e. The number of carbonyl (C=O) groups is 1. The van der Waals surface area contributed by atoms with Gasteiger partial charge in [0.25, 0.3) is 0 Å². The van der Waals surface area contributed by atoms with E-state index in [9.17, 15) is 13.6 Å². The van der Waals surface area contributed by atoms with Crippen LogP contribution >= 0.6 is 23.8 Å². The molecule has 0 radical (unpaired) electrons. The molecule has 2 rings (SSSR count). The highest BCUT2D eigenvalue weighted by Crippen LogP contribution is 2.22. The summed E-state index contributed by atoms with van der Waals surface area (Å²) in [4.78, 5) is 12.0. The van der Waals surface area contributed by atoms with Gasteiger partial charge in [0.15, 0.2) is 16.7 Å². The number of rotatable bonds is 4. The van der Waals surface area contributed by atoms with E-state index in [1.54, 1.807) is 12.1 Å². The molecule has 0 saturated heterocycles. The Morgan fingerprint density at radius 1 is 1.25 bits per heavy atom. The number of hydrogen-bond acceptors (Lipinski definition) is 4. The first-order chi connectivity index (χ1) is 11.4. The number of hydrazone groups is 1. The molecular formula is C15H10ClF2N3O2S. The molecule has 0 fully saturated rings. The molecule has 0 aliphatic carbocycles. The summed E-state index contributed by atoms with van der Waals surface area (Å²) in [5, 5.41) is 3.55. The summed E-state index contributed by atoms with van der Waals surface area (Å²) in [6, 6.07) is 7.60. The Kier molecular flexibility index (Phi) is 5.78. The van der Waals surface area contributed by atoms with E-state index in [1.165, 1.54) is 18.3 Å². The van der Waals surface area contributed by atoms with Crippen LogP contribution in [-0.2, 0) is 0 Å². The van der Waals surface area contributed by atoms with Crippen molar-refractivity contribution in [2.24, 2.45) is 10.8 Å². The fourth-order valence-electron chi connectivity index (χ4n) is 1.63. The first kappa shape index (κ1) is 17.8. The molecule has 5 nitrogen and oxygen atoms in total. The molecule has 0 bridgehead atoms. The van der Waals surface area contributed by atoms with Crippen LogP contribution in [-0.4, -0.2) is 17.3 Å². The van der Waals surface area contributed by atoms with Gasteiger partial charge in [-0.25, -0.2) is 13.6 Å². The zero-order valence-corrected chi connectivity index (χ0v) is 13.5. The molecule has 0 aliphatic rings. The fourth-order valence-corrected chi connectivity index (χ4v) is 1.91. The van der Waals surface area contributed by atoms with Gasteiger partial charge in [-0.2, -0.15) is 5.10 Å². The van der Waals surface area contributed by atoms with E-state index in [0.717, 1.165) is 0 Å². The normalized spacial score (nSPS) is 10.6. The first-order valence-electron chi connectivity index (χ1n) is 6.42. The Labute approximate surface area is 146 Å². The van der Waals surface area contributed by atoms with Crippen molar-refractivity contribution >= 4 is 41.1 Å². The number of benzene rings is 2. The van der Waals surface area contributed by atoms with E-state index in [1.807, 2.05) is 0 Å². The van der Waals surface area contributed by atoms with Gasteiger partial charge in [0.1, 0.15) is 5.75 Å². The average Bonchev–Trinajstić information content (AvgIpc) is 2.52. The third kappa shape index (κ3) is 4.71. The number of hydrogen-bond donors (Lipinski definition) is 2. The minimum atomic E-state index is -1.19. The van der Waals surface area contributed by atoms with Gasteiger partial charge >= 0.3 is 5.97 Å². The lowest BCUT2D eigenvalue weighted by Crippen LogP contribution is -2.23. The Morgan fingerprint density at radius 3 is 2.50 bits per heavy atom. The van der Waals surface area contributed by atoms with Crippen molar-refractivity contribution in [3.8, 4) is 5.75 Å². The summed E-state index contributed by atoms with van der Waals surface area (Å²) in [6.07, 6.45) is 1.46. The second-order valence-electron chi connectivity index (χ2n) is 4.44. The molecule has 0 saturated carbocycles. The largest absolute Gasteiger partial charge is 0.423 e. The number of esters is 1. The monoisotopic (exact) mass is 369 g/mol. The minimum Gasteiger partial charge on any atom is -0.423 e. The summed E-state index contributed by atoms with van der Waals surface area (Å²) < 4.78 is 31.3. The summed E-state index contributed by atoms with van der Waals surface area (Å²) in [5.74, 6) is -3.05. The molecule has 0 aromatic heterocycles. The Hall–Kier alpha value is -2.58. The number of nitrogens with two attached hydrogens (primary N) is 1. The van der Waals surface area contributed by atoms with Crippen LogP contribution in [0.1, 0.15) is 15.9 Å². The number of ether oxygens (including phenoxy) is 1. The highest BCUT2D eigenvalue weighted by molar-refractivity contribution is 7.80. The third-order valence-electron chi connectivity index (χ3n) is 2.71. The Balaban J connectivity index is 2.08. The highest BCUT2D eigenvalue weighted by atomic mass is 35.5. The van der Waals surface area contributed by atoms with Crippen LogP contribution in [0.25, 0.3) is 0 Å². The van der Waals surface area contributed by atoms with E-state index in [0.29, 0.717) is 17.7 Å².